The van der Waals surface area contributed by atoms with E-state index in [-0.39, 0.29) is 28.5 Å². The monoisotopic (exact) mass is 454 g/mol. The van der Waals surface area contributed by atoms with Gasteiger partial charge in [-0.05, 0) is 32.1 Å². The van der Waals surface area contributed by atoms with Crippen LogP contribution in [0, 0.1) is 5.41 Å². The second-order valence-electron chi connectivity index (χ2n) is 9.57. The second-order valence-corrected chi connectivity index (χ2v) is 10.8. The Hall–Kier alpha value is -2.19. The number of fused-ring (bicyclic) bond motifs is 1. The number of carbonyl (C=O) groups is 2. The van der Waals surface area contributed by atoms with Gasteiger partial charge in [0.1, 0.15) is 5.52 Å². The van der Waals surface area contributed by atoms with Crippen LogP contribution in [-0.4, -0.2) is 61.1 Å². The number of aliphatic hydroxyl groups is 1. The number of carbonyl (C=O) groups excluding carboxylic acids is 2. The number of ketones is 1. The third-order valence-electron chi connectivity index (χ3n) is 7.22. The molecule has 2 aliphatic heterocycles. The molecule has 2 fully saturated rings. The summed E-state index contributed by atoms with van der Waals surface area (Å²) in [7, 11) is 0. The number of amides is 1. The fraction of sp³-hybridized carbons (Fsp3) is 0.583. The lowest BCUT2D eigenvalue weighted by molar-refractivity contribution is -0.132. The summed E-state index contributed by atoms with van der Waals surface area (Å²) in [6, 6.07) is 0. The Morgan fingerprint density at radius 1 is 1.22 bits per heavy atom. The molecular formula is C24H30N4O3S. The zero-order valence-corrected chi connectivity index (χ0v) is 19.3. The first-order chi connectivity index (χ1) is 15.4. The van der Waals surface area contributed by atoms with Crippen molar-refractivity contribution in [2.24, 2.45) is 5.41 Å². The fourth-order valence-corrected chi connectivity index (χ4v) is 6.30. The number of rotatable bonds is 4. The summed E-state index contributed by atoms with van der Waals surface area (Å²) in [5.74, 6) is 0.285. The number of H-pyrrole nitrogens is 1. The van der Waals surface area contributed by atoms with E-state index in [9.17, 15) is 14.7 Å². The number of thioether (sulfide) groups is 1. The molecule has 1 saturated carbocycles. The van der Waals surface area contributed by atoms with Gasteiger partial charge in [0.05, 0.1) is 28.8 Å². The van der Waals surface area contributed by atoms with Gasteiger partial charge in [0.2, 0.25) is 5.91 Å². The Morgan fingerprint density at radius 2 is 1.97 bits per heavy atom. The largest absolute Gasteiger partial charge is 0.393 e. The zero-order chi connectivity index (χ0) is 22.3. The number of nitrogens with one attached hydrogen (secondary N) is 1. The van der Waals surface area contributed by atoms with Crippen molar-refractivity contribution in [3.8, 4) is 0 Å². The summed E-state index contributed by atoms with van der Waals surface area (Å²) < 4.78 is 0. The first-order valence-corrected chi connectivity index (χ1v) is 12.6. The molecule has 0 radical (unpaired) electrons. The van der Waals surface area contributed by atoms with Crippen LogP contribution in [0.25, 0.3) is 16.1 Å². The summed E-state index contributed by atoms with van der Waals surface area (Å²) in [5.41, 5.74) is 2.27. The van der Waals surface area contributed by atoms with E-state index in [1.807, 2.05) is 4.90 Å². The summed E-state index contributed by atoms with van der Waals surface area (Å²) in [4.78, 5) is 41.6. The molecule has 32 heavy (non-hydrogen) atoms. The molecule has 3 aliphatic rings. The Kier molecular flexibility index (Phi) is 5.84. The van der Waals surface area contributed by atoms with Gasteiger partial charge in [-0.15, -0.1) is 11.8 Å². The molecule has 2 aromatic heterocycles. The Balaban J connectivity index is 1.34. The predicted octanol–water partition coefficient (Wildman–Crippen LogP) is 3.94. The van der Waals surface area contributed by atoms with Crippen molar-refractivity contribution in [2.75, 3.05) is 13.1 Å². The highest BCUT2D eigenvalue weighted by molar-refractivity contribution is 8.09. The number of aromatic nitrogens is 3. The van der Waals surface area contributed by atoms with Crippen molar-refractivity contribution in [2.45, 2.75) is 69.6 Å². The second kappa shape index (κ2) is 8.63. The molecule has 0 bridgehead atoms. The third-order valence-corrected chi connectivity index (χ3v) is 8.53. The molecule has 5 rings (SSSR count). The van der Waals surface area contributed by atoms with Crippen LogP contribution < -0.4 is 0 Å². The van der Waals surface area contributed by atoms with Crippen LogP contribution in [0.3, 0.4) is 0 Å². The highest BCUT2D eigenvalue weighted by Gasteiger charge is 2.37. The maximum atomic E-state index is 13.4. The summed E-state index contributed by atoms with van der Waals surface area (Å²) >= 11 is 1.53. The lowest BCUT2D eigenvalue weighted by Gasteiger charge is -2.31. The first kappa shape index (κ1) is 21.6. The molecule has 1 aliphatic carbocycles. The maximum Gasteiger partial charge on any atom is 0.236 e. The Morgan fingerprint density at radius 3 is 2.72 bits per heavy atom. The number of aromatic amines is 1. The van der Waals surface area contributed by atoms with Crippen molar-refractivity contribution < 1.29 is 14.7 Å². The first-order valence-electron chi connectivity index (χ1n) is 11.7. The molecule has 1 atom stereocenters. The van der Waals surface area contributed by atoms with Gasteiger partial charge >= 0.3 is 0 Å². The van der Waals surface area contributed by atoms with Crippen LogP contribution in [0.1, 0.15) is 74.3 Å². The van der Waals surface area contributed by atoms with E-state index in [2.05, 4.69) is 23.0 Å². The molecule has 1 unspecified atom stereocenters. The van der Waals surface area contributed by atoms with Gasteiger partial charge in [0, 0.05) is 29.6 Å². The van der Waals surface area contributed by atoms with Gasteiger partial charge in [-0.2, -0.15) is 0 Å². The van der Waals surface area contributed by atoms with Crippen molar-refractivity contribution >= 4 is 39.5 Å². The topological polar surface area (TPSA) is 99.2 Å². The van der Waals surface area contributed by atoms with Gasteiger partial charge in [-0.3, -0.25) is 9.59 Å². The smallest absolute Gasteiger partial charge is 0.236 e. The van der Waals surface area contributed by atoms with Crippen LogP contribution >= 0.6 is 11.8 Å². The maximum absolute atomic E-state index is 13.4. The van der Waals surface area contributed by atoms with Crippen LogP contribution in [0.2, 0.25) is 0 Å². The molecule has 1 saturated heterocycles. The number of likely N-dealkylation sites (tertiary alicyclic amines) is 1. The number of hydrogen-bond donors (Lipinski definition) is 2. The number of hydrogen-bond acceptors (Lipinski definition) is 6. The molecule has 0 aromatic carbocycles. The van der Waals surface area contributed by atoms with E-state index in [0.29, 0.717) is 54.8 Å². The molecule has 1 amide bonds. The van der Waals surface area contributed by atoms with E-state index < -0.39 is 0 Å². The normalized spacial score (nSPS) is 24.0. The highest BCUT2D eigenvalue weighted by Crippen LogP contribution is 2.41. The minimum Gasteiger partial charge on any atom is -0.393 e. The Bertz CT molecular complexity index is 1060. The standard InChI is InChI=1S/C24H30N4O3S/c1-24(9-3-2-4-10-24)21(30)16-13-25-22-20(16)27-17(14-26-22)18-5-6-19(32-18)23(31)28-11-7-15(29)8-12-28/h5,13-15,19,29H,2-4,6-12H2,1H3,(H,25,26). The van der Waals surface area contributed by atoms with Gasteiger partial charge in [0.15, 0.2) is 11.4 Å². The quantitative estimate of drug-likeness (QED) is 0.679. The van der Waals surface area contributed by atoms with Crippen LogP contribution in [0.5, 0.6) is 0 Å². The molecule has 4 heterocycles. The fourth-order valence-electron chi connectivity index (χ4n) is 5.14. The van der Waals surface area contributed by atoms with Crippen LogP contribution in [-0.2, 0) is 4.79 Å². The highest BCUT2D eigenvalue weighted by atomic mass is 32.2. The van der Waals surface area contributed by atoms with Crippen LogP contribution in [0.4, 0.5) is 0 Å². The molecule has 170 valence electrons. The van der Waals surface area contributed by atoms with E-state index in [1.54, 1.807) is 12.4 Å². The van der Waals surface area contributed by atoms with E-state index in [1.165, 1.54) is 18.2 Å². The third kappa shape index (κ3) is 3.99. The van der Waals surface area contributed by atoms with Gasteiger partial charge in [-0.25, -0.2) is 9.97 Å². The Labute approximate surface area is 192 Å². The number of Topliss-reactive ketones (excluding diaryl/α,β-unsaturated/α-hetero) is 1. The summed E-state index contributed by atoms with van der Waals surface area (Å²) in [6.07, 6.45) is 12.4. The average Bonchev–Trinajstić information content (AvgIpc) is 3.46. The minimum atomic E-state index is -0.327. The number of allylic oxidation sites excluding steroid dienone is 1. The molecule has 2 N–H and O–H groups in total. The van der Waals surface area contributed by atoms with E-state index >= 15 is 0 Å². The van der Waals surface area contributed by atoms with Gasteiger partial charge in [0.25, 0.3) is 0 Å². The number of piperidine rings is 1. The lowest BCUT2D eigenvalue weighted by Crippen LogP contribution is -2.43. The van der Waals surface area contributed by atoms with E-state index in [0.717, 1.165) is 30.6 Å². The number of nitrogens with zero attached hydrogens (tertiary/aromatic N) is 3. The van der Waals surface area contributed by atoms with Crippen molar-refractivity contribution in [1.82, 2.24) is 19.9 Å². The van der Waals surface area contributed by atoms with Crippen molar-refractivity contribution in [1.29, 1.82) is 0 Å². The van der Waals surface area contributed by atoms with Crippen molar-refractivity contribution in [3.63, 3.8) is 0 Å². The molecule has 8 heteroatoms. The molecule has 7 nitrogen and oxygen atoms in total. The molecule has 0 spiro atoms. The average molecular weight is 455 g/mol. The van der Waals surface area contributed by atoms with Crippen LogP contribution in [0.15, 0.2) is 18.5 Å². The predicted molar refractivity (Wildman–Crippen MR) is 125 cm³/mol. The molecule has 2 aromatic rings. The zero-order valence-electron chi connectivity index (χ0n) is 18.5. The SMILES string of the molecule is CC1(C(=O)c2c[nH]c3ncc(C4=CCC(C(=O)N5CCC(O)CC5)S4)nc23)CCCCC1. The summed E-state index contributed by atoms with van der Waals surface area (Å²) in [6.45, 7) is 3.31. The van der Waals surface area contributed by atoms with E-state index in [4.69, 9.17) is 4.98 Å². The summed E-state index contributed by atoms with van der Waals surface area (Å²) in [5, 5.41) is 9.54. The van der Waals surface area contributed by atoms with Gasteiger partial charge in [-0.1, -0.05) is 32.3 Å². The minimum absolute atomic E-state index is 0.130. The lowest BCUT2D eigenvalue weighted by atomic mass is 9.71. The van der Waals surface area contributed by atoms with Gasteiger partial charge < -0.3 is 15.0 Å². The van der Waals surface area contributed by atoms with Crippen molar-refractivity contribution in [3.05, 3.63) is 29.7 Å². The molecular weight excluding hydrogens is 424 g/mol. The number of aliphatic hydroxyl groups excluding tert-OH is 1.